The third-order valence-electron chi connectivity index (χ3n) is 6.58. The first-order chi connectivity index (χ1) is 16.8. The highest BCUT2D eigenvalue weighted by Crippen LogP contribution is 2.38. The Morgan fingerprint density at radius 2 is 1.92 bits per heavy atom. The zero-order valence-electron chi connectivity index (χ0n) is 20.8. The van der Waals surface area contributed by atoms with Gasteiger partial charge in [0, 0.05) is 11.1 Å². The molecule has 0 amide bonds. The number of hydrogen-bond acceptors (Lipinski definition) is 11. The van der Waals surface area contributed by atoms with Crippen LogP contribution in [0.3, 0.4) is 0 Å². The van der Waals surface area contributed by atoms with Crippen molar-refractivity contribution in [2.75, 3.05) is 13.7 Å². The van der Waals surface area contributed by atoms with Gasteiger partial charge >= 0.3 is 5.97 Å². The van der Waals surface area contributed by atoms with Crippen molar-refractivity contribution in [3.8, 4) is 11.5 Å². The number of carbonyl (C=O) groups is 1. The maximum atomic E-state index is 11.9. The van der Waals surface area contributed by atoms with Gasteiger partial charge in [-0.05, 0) is 45.7 Å². The fraction of sp³-hybridized carbons (Fsp3) is 0.640. The molecule has 7 atom stereocenters. The molecule has 1 aromatic carbocycles. The van der Waals surface area contributed by atoms with Crippen molar-refractivity contribution in [3.05, 3.63) is 29.3 Å². The molecule has 0 saturated carbocycles. The molecule has 3 rings (SSSR count). The molecule has 0 unspecified atom stereocenters. The van der Waals surface area contributed by atoms with Crippen molar-refractivity contribution in [3.63, 3.8) is 0 Å². The zero-order valence-corrected chi connectivity index (χ0v) is 20.8. The highest BCUT2D eigenvalue weighted by atomic mass is 16.7. The summed E-state index contributed by atoms with van der Waals surface area (Å²) in [5.41, 5.74) is -1.17. The van der Waals surface area contributed by atoms with Crippen LogP contribution in [0.5, 0.6) is 11.5 Å². The van der Waals surface area contributed by atoms with E-state index in [9.17, 15) is 35.4 Å². The Balaban J connectivity index is 1.90. The van der Waals surface area contributed by atoms with E-state index in [1.54, 1.807) is 26.0 Å². The van der Waals surface area contributed by atoms with E-state index < -0.39 is 54.5 Å². The normalized spacial score (nSPS) is 33.1. The van der Waals surface area contributed by atoms with Crippen molar-refractivity contribution < 1.29 is 54.4 Å². The number of hydrogen-bond donors (Lipinski definition) is 6. The van der Waals surface area contributed by atoms with Crippen LogP contribution in [-0.4, -0.2) is 98.3 Å². The molecule has 0 aromatic heterocycles. The lowest BCUT2D eigenvalue weighted by Gasteiger charge is -2.39. The third-order valence-corrected chi connectivity index (χ3v) is 6.58. The lowest BCUT2D eigenvalue weighted by atomic mass is 9.96. The minimum Gasteiger partial charge on any atom is -0.507 e. The Hall–Kier alpha value is -2.25. The molecule has 6 N–H and O–H groups in total. The predicted octanol–water partition coefficient (Wildman–Crippen LogP) is 0.00820. The Labute approximate surface area is 209 Å². The summed E-state index contributed by atoms with van der Waals surface area (Å²) in [6.45, 7) is 4.60. The maximum absolute atomic E-state index is 11.9. The molecular formula is C25H36O11. The summed E-state index contributed by atoms with van der Waals surface area (Å²) in [5, 5.41) is 60.8. The number of phenolic OH excluding ortho intramolecular Hbond substituents is 1. The van der Waals surface area contributed by atoms with Crippen molar-refractivity contribution in [1.82, 2.24) is 0 Å². The van der Waals surface area contributed by atoms with Crippen LogP contribution in [0.25, 0.3) is 6.08 Å². The van der Waals surface area contributed by atoms with Crippen LogP contribution in [0.1, 0.15) is 44.7 Å². The summed E-state index contributed by atoms with van der Waals surface area (Å²) >= 11 is 0. The molecule has 2 aliphatic heterocycles. The first-order valence-corrected chi connectivity index (χ1v) is 11.8. The molecule has 2 heterocycles. The number of phenols is 1. The molecule has 0 spiro atoms. The van der Waals surface area contributed by atoms with E-state index in [0.29, 0.717) is 18.4 Å². The van der Waals surface area contributed by atoms with Gasteiger partial charge in [-0.3, -0.25) is 4.79 Å². The van der Waals surface area contributed by atoms with Crippen LogP contribution in [0.15, 0.2) is 18.2 Å². The van der Waals surface area contributed by atoms with Gasteiger partial charge in [0.2, 0.25) is 6.29 Å². The van der Waals surface area contributed by atoms with Gasteiger partial charge in [0.05, 0.1) is 37.4 Å². The number of esters is 1. The molecule has 202 valence electrons. The molecule has 2 saturated heterocycles. The van der Waals surface area contributed by atoms with Crippen molar-refractivity contribution in [2.24, 2.45) is 0 Å². The first kappa shape index (κ1) is 28.3. The van der Waals surface area contributed by atoms with Gasteiger partial charge in [0.25, 0.3) is 0 Å². The number of aliphatic hydroxyl groups is 5. The van der Waals surface area contributed by atoms with E-state index in [2.05, 4.69) is 0 Å². The smallest absolute Gasteiger partial charge is 0.310 e. The molecule has 0 aliphatic carbocycles. The number of benzene rings is 1. The Morgan fingerprint density at radius 1 is 1.22 bits per heavy atom. The highest BCUT2D eigenvalue weighted by Gasteiger charge is 2.45. The summed E-state index contributed by atoms with van der Waals surface area (Å²) in [6.07, 6.45) is -3.49. The average molecular weight is 513 g/mol. The van der Waals surface area contributed by atoms with Crippen molar-refractivity contribution in [2.45, 2.75) is 88.0 Å². The summed E-state index contributed by atoms with van der Waals surface area (Å²) < 4.78 is 21.9. The van der Waals surface area contributed by atoms with E-state index in [4.69, 9.17) is 18.9 Å². The van der Waals surface area contributed by atoms with Gasteiger partial charge in [0.1, 0.15) is 35.9 Å². The standard InChI is InChI=1S/C25H36O11/c1-24(2,32)18-6-8-25(3,36-18)7-5-13-10-16(14(9-15(13)27)11-19(28)33-4)34-23-22(31)21(30)20(29)17(12-26)35-23/h5,7,9-10,17-18,20-23,26-27,29-32H,6,8,11-12H2,1-4H3/t17-,18-,20-,21+,22-,23-,25+/m1/s1. The van der Waals surface area contributed by atoms with Crippen LogP contribution in [0.4, 0.5) is 0 Å². The number of aromatic hydroxyl groups is 1. The van der Waals surface area contributed by atoms with Crippen LogP contribution >= 0.6 is 0 Å². The van der Waals surface area contributed by atoms with Crippen LogP contribution in [0, 0.1) is 0 Å². The zero-order chi connectivity index (χ0) is 26.8. The van der Waals surface area contributed by atoms with Crippen molar-refractivity contribution in [1.29, 1.82) is 0 Å². The fourth-order valence-corrected chi connectivity index (χ4v) is 4.27. The van der Waals surface area contributed by atoms with Gasteiger partial charge < -0.3 is 49.6 Å². The van der Waals surface area contributed by atoms with E-state index in [1.807, 2.05) is 6.92 Å². The van der Waals surface area contributed by atoms with Crippen LogP contribution < -0.4 is 4.74 Å². The average Bonchev–Trinajstić information content (AvgIpc) is 3.22. The summed E-state index contributed by atoms with van der Waals surface area (Å²) in [7, 11) is 1.21. The second-order valence-electron chi connectivity index (χ2n) is 10.0. The number of ether oxygens (including phenoxy) is 4. The molecule has 2 fully saturated rings. The number of rotatable bonds is 8. The van der Waals surface area contributed by atoms with Gasteiger partial charge in [0.15, 0.2) is 0 Å². The molecule has 0 radical (unpaired) electrons. The molecule has 11 nitrogen and oxygen atoms in total. The second-order valence-corrected chi connectivity index (χ2v) is 10.0. The fourth-order valence-electron chi connectivity index (χ4n) is 4.27. The monoisotopic (exact) mass is 512 g/mol. The van der Waals surface area contributed by atoms with E-state index in [1.165, 1.54) is 19.2 Å². The molecular weight excluding hydrogens is 476 g/mol. The summed E-state index contributed by atoms with van der Waals surface area (Å²) in [6, 6.07) is 2.74. The summed E-state index contributed by atoms with van der Waals surface area (Å²) in [4.78, 5) is 11.9. The lowest BCUT2D eigenvalue weighted by molar-refractivity contribution is -0.277. The number of methoxy groups -OCH3 is 1. The molecule has 36 heavy (non-hydrogen) atoms. The molecule has 2 aliphatic rings. The predicted molar refractivity (Wildman–Crippen MR) is 126 cm³/mol. The molecule has 1 aromatic rings. The van der Waals surface area contributed by atoms with E-state index >= 15 is 0 Å². The van der Waals surface area contributed by atoms with E-state index in [0.717, 1.165) is 0 Å². The quantitative estimate of drug-likeness (QED) is 0.259. The highest BCUT2D eigenvalue weighted by molar-refractivity contribution is 5.74. The SMILES string of the molecule is COC(=O)Cc1cc(O)c(C=C[C@@]2(C)CC[C@H](C(C)(C)O)O2)cc1O[C@@H]1O[C@H](CO)[C@@H](O)[C@H](O)[C@H]1O. The van der Waals surface area contributed by atoms with Gasteiger partial charge in [-0.15, -0.1) is 0 Å². The largest absolute Gasteiger partial charge is 0.507 e. The Kier molecular flexibility index (Phi) is 8.67. The van der Waals surface area contributed by atoms with Gasteiger partial charge in [-0.1, -0.05) is 12.2 Å². The second kappa shape index (κ2) is 11.0. The number of aliphatic hydroxyl groups excluding tert-OH is 4. The van der Waals surface area contributed by atoms with Crippen LogP contribution in [-0.2, 0) is 25.4 Å². The topological polar surface area (TPSA) is 175 Å². The molecule has 0 bridgehead atoms. The maximum Gasteiger partial charge on any atom is 0.310 e. The lowest BCUT2D eigenvalue weighted by Crippen LogP contribution is -2.60. The third kappa shape index (κ3) is 6.35. The Bertz CT molecular complexity index is 954. The van der Waals surface area contributed by atoms with Gasteiger partial charge in [-0.25, -0.2) is 0 Å². The summed E-state index contributed by atoms with van der Waals surface area (Å²) in [5.74, 6) is -0.721. The Morgan fingerprint density at radius 3 is 2.50 bits per heavy atom. The minimum atomic E-state index is -1.66. The first-order valence-electron chi connectivity index (χ1n) is 11.8. The van der Waals surface area contributed by atoms with E-state index in [-0.39, 0.29) is 29.6 Å². The van der Waals surface area contributed by atoms with Crippen molar-refractivity contribution >= 4 is 12.0 Å². The number of carbonyl (C=O) groups excluding carboxylic acids is 1. The van der Waals surface area contributed by atoms with Crippen LogP contribution in [0.2, 0.25) is 0 Å². The minimum absolute atomic E-state index is 0.0500. The van der Waals surface area contributed by atoms with Gasteiger partial charge in [-0.2, -0.15) is 0 Å². The molecule has 11 heteroatoms.